The Morgan fingerprint density at radius 1 is 1.33 bits per heavy atom. The van der Waals surface area contributed by atoms with E-state index in [1.807, 2.05) is 17.0 Å². The average molecular weight is 371 g/mol. The van der Waals surface area contributed by atoms with Crippen LogP contribution in [0.3, 0.4) is 0 Å². The fourth-order valence-corrected chi connectivity index (χ4v) is 3.79. The van der Waals surface area contributed by atoms with Gasteiger partial charge in [0.15, 0.2) is 0 Å². The summed E-state index contributed by atoms with van der Waals surface area (Å²) in [6.07, 6.45) is 0.941. The quantitative estimate of drug-likeness (QED) is 0.641. The molecule has 1 saturated heterocycles. The summed E-state index contributed by atoms with van der Waals surface area (Å²) in [6, 6.07) is 7.55. The smallest absolute Gasteiger partial charge is 0.312 e. The maximum atomic E-state index is 12.8. The Morgan fingerprint density at radius 2 is 2.00 bits per heavy atom. The minimum absolute atomic E-state index is 0.0201. The molecule has 0 bridgehead atoms. The van der Waals surface area contributed by atoms with Crippen LogP contribution in [0.25, 0.3) is 0 Å². The molecule has 1 aliphatic rings. The molecule has 2 aromatic rings. The molecule has 0 aliphatic carbocycles. The number of carbonyl (C=O) groups is 1. The summed E-state index contributed by atoms with van der Waals surface area (Å²) in [6.45, 7) is 7.10. The Kier molecular flexibility index (Phi) is 5.27. The van der Waals surface area contributed by atoms with Crippen molar-refractivity contribution in [1.29, 1.82) is 0 Å². The van der Waals surface area contributed by atoms with E-state index in [1.54, 1.807) is 30.7 Å². The Morgan fingerprint density at radius 3 is 2.52 bits per heavy atom. The molecule has 1 aromatic carbocycles. The highest BCUT2D eigenvalue weighted by Gasteiger charge is 2.32. The number of aromatic nitrogens is 2. The summed E-state index contributed by atoms with van der Waals surface area (Å²) in [5.41, 5.74) is 8.30. The highest BCUT2D eigenvalue weighted by atomic mass is 16.6. The molecule has 2 unspecified atom stereocenters. The highest BCUT2D eigenvalue weighted by Crippen LogP contribution is 2.25. The molecule has 1 aliphatic heterocycles. The van der Waals surface area contributed by atoms with Gasteiger partial charge in [0.05, 0.1) is 11.5 Å². The lowest BCUT2D eigenvalue weighted by Crippen LogP contribution is -2.34. The number of carbonyl (C=O) groups excluding carboxylic acids is 1. The van der Waals surface area contributed by atoms with E-state index in [9.17, 15) is 14.9 Å². The minimum atomic E-state index is -0.401. The Bertz CT molecular complexity index is 859. The van der Waals surface area contributed by atoms with Crippen molar-refractivity contribution < 1.29 is 9.72 Å². The van der Waals surface area contributed by atoms with Crippen LogP contribution in [-0.4, -0.2) is 44.6 Å². The SMILES string of the molecule is Cc1nn(Cc2ccc(C(=O)N3CC(CN)CC3C)cc2)c(C)c1[N+](=O)[O-]. The number of nitrogens with zero attached hydrogens (tertiary/aromatic N) is 4. The molecule has 1 fully saturated rings. The Balaban J connectivity index is 1.74. The van der Waals surface area contributed by atoms with Crippen LogP contribution < -0.4 is 5.73 Å². The summed E-state index contributed by atoms with van der Waals surface area (Å²) in [7, 11) is 0. The van der Waals surface area contributed by atoms with Gasteiger partial charge in [-0.25, -0.2) is 0 Å². The molecule has 0 saturated carbocycles. The van der Waals surface area contributed by atoms with Gasteiger partial charge < -0.3 is 10.6 Å². The van der Waals surface area contributed by atoms with E-state index >= 15 is 0 Å². The zero-order valence-corrected chi connectivity index (χ0v) is 15.9. The van der Waals surface area contributed by atoms with Gasteiger partial charge in [-0.15, -0.1) is 0 Å². The van der Waals surface area contributed by atoms with Crippen LogP contribution in [0.15, 0.2) is 24.3 Å². The molecule has 1 amide bonds. The van der Waals surface area contributed by atoms with Crippen molar-refractivity contribution in [2.24, 2.45) is 11.7 Å². The fourth-order valence-electron chi connectivity index (χ4n) is 3.79. The predicted octanol–water partition coefficient (Wildman–Crippen LogP) is 2.27. The van der Waals surface area contributed by atoms with Gasteiger partial charge in [-0.2, -0.15) is 5.10 Å². The van der Waals surface area contributed by atoms with Gasteiger partial charge in [0, 0.05) is 18.2 Å². The normalized spacial score (nSPS) is 19.5. The average Bonchev–Trinajstić information content (AvgIpc) is 3.14. The molecule has 3 rings (SSSR count). The molecule has 2 heterocycles. The van der Waals surface area contributed by atoms with Crippen LogP contribution in [0.1, 0.15) is 40.7 Å². The van der Waals surface area contributed by atoms with Gasteiger partial charge in [-0.05, 0) is 57.4 Å². The number of likely N-dealkylation sites (tertiary alicyclic amines) is 1. The van der Waals surface area contributed by atoms with E-state index in [0.29, 0.717) is 42.5 Å². The number of aryl methyl sites for hydroxylation is 1. The summed E-state index contributed by atoms with van der Waals surface area (Å²) in [5.74, 6) is 0.386. The van der Waals surface area contributed by atoms with Crippen LogP contribution in [0.4, 0.5) is 5.69 Å². The summed E-state index contributed by atoms with van der Waals surface area (Å²) < 4.78 is 1.62. The zero-order chi connectivity index (χ0) is 19.7. The van der Waals surface area contributed by atoms with Gasteiger partial charge in [-0.1, -0.05) is 12.1 Å². The maximum absolute atomic E-state index is 12.8. The predicted molar refractivity (Wildman–Crippen MR) is 102 cm³/mol. The molecule has 27 heavy (non-hydrogen) atoms. The van der Waals surface area contributed by atoms with E-state index in [1.165, 1.54) is 0 Å². The topological polar surface area (TPSA) is 107 Å². The summed E-state index contributed by atoms with van der Waals surface area (Å²) >= 11 is 0. The molecule has 1 aromatic heterocycles. The summed E-state index contributed by atoms with van der Waals surface area (Å²) in [5, 5.41) is 15.4. The van der Waals surface area contributed by atoms with Crippen LogP contribution in [0.2, 0.25) is 0 Å². The van der Waals surface area contributed by atoms with Gasteiger partial charge >= 0.3 is 5.69 Å². The van der Waals surface area contributed by atoms with Crippen LogP contribution in [0.5, 0.6) is 0 Å². The van der Waals surface area contributed by atoms with Crippen molar-refractivity contribution in [3.05, 3.63) is 56.9 Å². The Labute approximate surface area is 158 Å². The molecule has 0 spiro atoms. The van der Waals surface area contributed by atoms with Gasteiger partial charge in [0.25, 0.3) is 5.91 Å². The molecule has 144 valence electrons. The van der Waals surface area contributed by atoms with Gasteiger partial charge in [-0.3, -0.25) is 19.6 Å². The van der Waals surface area contributed by atoms with Gasteiger partial charge in [0.2, 0.25) is 0 Å². The van der Waals surface area contributed by atoms with Gasteiger partial charge in [0.1, 0.15) is 11.4 Å². The highest BCUT2D eigenvalue weighted by molar-refractivity contribution is 5.94. The van der Waals surface area contributed by atoms with E-state index in [4.69, 9.17) is 5.73 Å². The Hall–Kier alpha value is -2.74. The third-order valence-corrected chi connectivity index (χ3v) is 5.31. The number of benzene rings is 1. The second-order valence-corrected chi connectivity index (χ2v) is 7.28. The third-order valence-electron chi connectivity index (χ3n) is 5.31. The standard InChI is InChI=1S/C19H25N5O3/c1-12-8-16(9-20)10-22(12)19(25)17-6-4-15(5-7-17)11-23-14(3)18(24(26)27)13(2)21-23/h4-7,12,16H,8-11,20H2,1-3H3. The van der Waals surface area contributed by atoms with Crippen molar-refractivity contribution >= 4 is 11.6 Å². The first kappa shape index (κ1) is 19.0. The number of hydrogen-bond acceptors (Lipinski definition) is 5. The number of rotatable bonds is 5. The molecular weight excluding hydrogens is 346 g/mol. The number of amides is 1. The first-order valence-electron chi connectivity index (χ1n) is 9.10. The van der Waals surface area contributed by atoms with E-state index in [0.717, 1.165) is 12.0 Å². The lowest BCUT2D eigenvalue weighted by atomic mass is 10.1. The summed E-state index contributed by atoms with van der Waals surface area (Å²) in [4.78, 5) is 25.4. The second kappa shape index (κ2) is 7.48. The molecular formula is C19H25N5O3. The number of nitrogens with two attached hydrogens (primary N) is 1. The van der Waals surface area contributed by atoms with E-state index in [-0.39, 0.29) is 17.6 Å². The first-order chi connectivity index (χ1) is 12.8. The second-order valence-electron chi connectivity index (χ2n) is 7.28. The first-order valence-corrected chi connectivity index (χ1v) is 9.10. The van der Waals surface area contributed by atoms with Crippen LogP contribution in [0, 0.1) is 29.9 Å². The lowest BCUT2D eigenvalue weighted by Gasteiger charge is -2.21. The molecule has 0 radical (unpaired) electrons. The van der Waals surface area contributed by atoms with Crippen LogP contribution in [-0.2, 0) is 6.54 Å². The maximum Gasteiger partial charge on any atom is 0.312 e. The molecule has 8 nitrogen and oxygen atoms in total. The van der Waals surface area contributed by atoms with Crippen molar-refractivity contribution in [3.63, 3.8) is 0 Å². The molecule has 8 heteroatoms. The van der Waals surface area contributed by atoms with E-state index in [2.05, 4.69) is 12.0 Å². The van der Waals surface area contributed by atoms with Crippen molar-refractivity contribution in [3.8, 4) is 0 Å². The van der Waals surface area contributed by atoms with Crippen molar-refractivity contribution in [2.45, 2.75) is 39.8 Å². The van der Waals surface area contributed by atoms with Crippen molar-refractivity contribution in [2.75, 3.05) is 13.1 Å². The van der Waals surface area contributed by atoms with Crippen LogP contribution >= 0.6 is 0 Å². The number of nitro groups is 1. The van der Waals surface area contributed by atoms with E-state index < -0.39 is 4.92 Å². The molecule has 2 N–H and O–H groups in total. The zero-order valence-electron chi connectivity index (χ0n) is 15.9. The fraction of sp³-hybridized carbons (Fsp3) is 0.474. The monoisotopic (exact) mass is 371 g/mol. The van der Waals surface area contributed by atoms with Crippen molar-refractivity contribution in [1.82, 2.24) is 14.7 Å². The third kappa shape index (κ3) is 3.71. The number of hydrogen-bond donors (Lipinski definition) is 1. The largest absolute Gasteiger partial charge is 0.336 e. The lowest BCUT2D eigenvalue weighted by molar-refractivity contribution is -0.386. The minimum Gasteiger partial charge on any atom is -0.336 e. The molecule has 2 atom stereocenters.